The molecule has 2 aromatic carbocycles. The van der Waals surface area contributed by atoms with Crippen molar-refractivity contribution in [2.45, 2.75) is 6.54 Å². The van der Waals surface area contributed by atoms with Crippen LogP contribution in [-0.4, -0.2) is 22.8 Å². The number of nitrogens with two attached hydrogens (primary N) is 1. The van der Waals surface area contributed by atoms with Crippen molar-refractivity contribution in [1.82, 2.24) is 4.90 Å². The Kier molecular flexibility index (Phi) is 4.77. The second kappa shape index (κ2) is 6.57. The Balaban J connectivity index is 2.18. The van der Waals surface area contributed by atoms with E-state index in [1.165, 1.54) is 23.1 Å². The highest BCUT2D eigenvalue weighted by Crippen LogP contribution is 2.23. The number of anilines is 1. The average molecular weight is 364 g/mol. The molecule has 0 bridgehead atoms. The van der Waals surface area contributed by atoms with Gasteiger partial charge < -0.3 is 10.6 Å². The van der Waals surface area contributed by atoms with Gasteiger partial charge in [0.15, 0.2) is 0 Å². The van der Waals surface area contributed by atoms with Gasteiger partial charge in [-0.3, -0.25) is 14.9 Å². The molecule has 0 aromatic heterocycles. The second-order valence-electron chi connectivity index (χ2n) is 4.82. The summed E-state index contributed by atoms with van der Waals surface area (Å²) in [6, 6.07) is 11.7. The molecule has 0 unspecified atom stereocenters. The molecule has 0 fully saturated rings. The molecule has 0 spiro atoms. The highest BCUT2D eigenvalue weighted by atomic mass is 79.9. The third-order valence-corrected chi connectivity index (χ3v) is 3.68. The molecule has 0 aliphatic carbocycles. The van der Waals surface area contributed by atoms with E-state index in [1.54, 1.807) is 7.05 Å². The van der Waals surface area contributed by atoms with Crippen molar-refractivity contribution in [3.63, 3.8) is 0 Å². The molecular formula is C15H14BrN3O3. The number of benzene rings is 2. The van der Waals surface area contributed by atoms with Crippen molar-refractivity contribution in [1.29, 1.82) is 0 Å². The van der Waals surface area contributed by atoms with Crippen LogP contribution in [0.25, 0.3) is 0 Å². The van der Waals surface area contributed by atoms with Crippen molar-refractivity contribution in [2.24, 2.45) is 0 Å². The third-order valence-electron chi connectivity index (χ3n) is 3.15. The zero-order valence-corrected chi connectivity index (χ0v) is 13.4. The summed E-state index contributed by atoms with van der Waals surface area (Å²) >= 11 is 3.35. The maximum absolute atomic E-state index is 12.4. The average Bonchev–Trinajstić information content (AvgIpc) is 2.49. The minimum absolute atomic E-state index is 0.0390. The second-order valence-corrected chi connectivity index (χ2v) is 5.73. The number of rotatable bonds is 4. The van der Waals surface area contributed by atoms with Crippen molar-refractivity contribution in [2.75, 3.05) is 12.8 Å². The monoisotopic (exact) mass is 363 g/mol. The minimum Gasteiger partial charge on any atom is -0.393 e. The Hall–Kier alpha value is -2.41. The maximum Gasteiger partial charge on any atom is 0.292 e. The van der Waals surface area contributed by atoms with Crippen LogP contribution >= 0.6 is 15.9 Å². The molecule has 0 heterocycles. The highest BCUT2D eigenvalue weighted by Gasteiger charge is 2.18. The van der Waals surface area contributed by atoms with E-state index in [0.29, 0.717) is 6.54 Å². The SMILES string of the molecule is CN(Cc1ccc(Br)cc1)C(=O)c1ccc(N)c([N+](=O)[O-])c1. The Morgan fingerprint density at radius 3 is 2.50 bits per heavy atom. The van der Waals surface area contributed by atoms with Gasteiger partial charge >= 0.3 is 0 Å². The number of nitro benzene ring substituents is 1. The third kappa shape index (κ3) is 3.62. The maximum atomic E-state index is 12.4. The molecular weight excluding hydrogens is 350 g/mol. The predicted molar refractivity (Wildman–Crippen MR) is 87.4 cm³/mol. The molecule has 2 rings (SSSR count). The lowest BCUT2D eigenvalue weighted by molar-refractivity contribution is -0.383. The van der Waals surface area contributed by atoms with Gasteiger partial charge in [-0.2, -0.15) is 0 Å². The molecule has 6 nitrogen and oxygen atoms in total. The Morgan fingerprint density at radius 1 is 1.27 bits per heavy atom. The smallest absolute Gasteiger partial charge is 0.292 e. The molecule has 0 radical (unpaired) electrons. The molecule has 7 heteroatoms. The highest BCUT2D eigenvalue weighted by molar-refractivity contribution is 9.10. The minimum atomic E-state index is -0.596. The molecule has 0 saturated heterocycles. The van der Waals surface area contributed by atoms with Gasteiger partial charge in [0.05, 0.1) is 4.92 Å². The Morgan fingerprint density at radius 2 is 1.91 bits per heavy atom. The van der Waals surface area contributed by atoms with Crippen LogP contribution in [0.4, 0.5) is 11.4 Å². The van der Waals surface area contributed by atoms with E-state index >= 15 is 0 Å². The first-order valence-electron chi connectivity index (χ1n) is 6.42. The number of carbonyl (C=O) groups is 1. The summed E-state index contributed by atoms with van der Waals surface area (Å²) in [5, 5.41) is 10.9. The van der Waals surface area contributed by atoms with E-state index in [1.807, 2.05) is 24.3 Å². The number of halogens is 1. The first-order chi connectivity index (χ1) is 10.4. The molecule has 2 N–H and O–H groups in total. The fourth-order valence-corrected chi connectivity index (χ4v) is 2.26. The Bertz CT molecular complexity index is 716. The van der Waals surface area contributed by atoms with Gasteiger partial charge in [-0.15, -0.1) is 0 Å². The van der Waals surface area contributed by atoms with Crippen LogP contribution < -0.4 is 5.73 Å². The molecule has 0 aliphatic heterocycles. The fraction of sp³-hybridized carbons (Fsp3) is 0.133. The standard InChI is InChI=1S/C15H14BrN3O3/c1-18(9-10-2-5-12(16)6-3-10)15(20)11-4-7-13(17)14(8-11)19(21)22/h2-8H,9,17H2,1H3. The van der Waals surface area contributed by atoms with E-state index in [4.69, 9.17) is 5.73 Å². The summed E-state index contributed by atoms with van der Waals surface area (Å²) in [6.07, 6.45) is 0. The number of nitrogens with zero attached hydrogens (tertiary/aromatic N) is 2. The van der Waals surface area contributed by atoms with Crippen LogP contribution in [0.2, 0.25) is 0 Å². The first kappa shape index (κ1) is 16.0. The topological polar surface area (TPSA) is 89.5 Å². The molecule has 2 aromatic rings. The van der Waals surface area contributed by atoms with Gasteiger partial charge in [0.2, 0.25) is 0 Å². The van der Waals surface area contributed by atoms with Gasteiger partial charge in [0.1, 0.15) is 5.69 Å². The van der Waals surface area contributed by atoms with E-state index in [9.17, 15) is 14.9 Å². The van der Waals surface area contributed by atoms with Crippen LogP contribution in [0.15, 0.2) is 46.9 Å². The van der Waals surface area contributed by atoms with Gasteiger partial charge in [-0.05, 0) is 29.8 Å². The van der Waals surface area contributed by atoms with Crippen LogP contribution in [0.1, 0.15) is 15.9 Å². The zero-order valence-electron chi connectivity index (χ0n) is 11.8. The fourth-order valence-electron chi connectivity index (χ4n) is 1.99. The van der Waals surface area contributed by atoms with Crippen molar-refractivity contribution in [3.8, 4) is 0 Å². The number of amides is 1. The van der Waals surface area contributed by atoms with E-state index in [0.717, 1.165) is 10.0 Å². The number of carbonyl (C=O) groups excluding carboxylic acids is 1. The van der Waals surface area contributed by atoms with Gasteiger partial charge in [-0.1, -0.05) is 28.1 Å². The predicted octanol–water partition coefficient (Wildman–Crippen LogP) is 3.21. The molecule has 22 heavy (non-hydrogen) atoms. The lowest BCUT2D eigenvalue weighted by Crippen LogP contribution is -2.26. The van der Waals surface area contributed by atoms with Crippen molar-refractivity contribution < 1.29 is 9.72 Å². The number of nitro groups is 1. The normalized spacial score (nSPS) is 10.3. The number of hydrogen-bond donors (Lipinski definition) is 1. The summed E-state index contributed by atoms with van der Waals surface area (Å²) < 4.78 is 0.958. The summed E-state index contributed by atoms with van der Waals surface area (Å²) in [7, 11) is 1.65. The lowest BCUT2D eigenvalue weighted by atomic mass is 10.1. The summed E-state index contributed by atoms with van der Waals surface area (Å²) in [5.74, 6) is -0.300. The number of nitrogen functional groups attached to an aromatic ring is 1. The summed E-state index contributed by atoms with van der Waals surface area (Å²) in [5.41, 5.74) is 6.51. The molecule has 0 saturated carbocycles. The molecule has 1 amide bonds. The van der Waals surface area contributed by atoms with E-state index < -0.39 is 4.92 Å². The first-order valence-corrected chi connectivity index (χ1v) is 7.21. The van der Waals surface area contributed by atoms with Gasteiger partial charge in [0, 0.05) is 29.7 Å². The van der Waals surface area contributed by atoms with Crippen LogP contribution in [0.5, 0.6) is 0 Å². The largest absolute Gasteiger partial charge is 0.393 e. The quantitative estimate of drug-likeness (QED) is 0.513. The molecule has 114 valence electrons. The van der Waals surface area contributed by atoms with Crippen LogP contribution in [0, 0.1) is 10.1 Å². The summed E-state index contributed by atoms with van der Waals surface area (Å²) in [4.78, 5) is 24.1. The van der Waals surface area contributed by atoms with E-state index in [2.05, 4.69) is 15.9 Å². The van der Waals surface area contributed by atoms with Gasteiger partial charge in [-0.25, -0.2) is 0 Å². The van der Waals surface area contributed by atoms with Gasteiger partial charge in [0.25, 0.3) is 11.6 Å². The number of hydrogen-bond acceptors (Lipinski definition) is 4. The molecule has 0 atom stereocenters. The van der Waals surface area contributed by atoms with Crippen molar-refractivity contribution in [3.05, 3.63) is 68.2 Å². The van der Waals surface area contributed by atoms with Crippen LogP contribution in [0.3, 0.4) is 0 Å². The van der Waals surface area contributed by atoms with Crippen molar-refractivity contribution >= 4 is 33.2 Å². The van der Waals surface area contributed by atoms with Crippen LogP contribution in [-0.2, 0) is 6.54 Å². The Labute approximate surface area is 135 Å². The molecule has 0 aliphatic rings. The lowest BCUT2D eigenvalue weighted by Gasteiger charge is -2.17. The zero-order chi connectivity index (χ0) is 16.3. The summed E-state index contributed by atoms with van der Waals surface area (Å²) in [6.45, 7) is 0.407. The van der Waals surface area contributed by atoms with E-state index in [-0.39, 0.29) is 22.8 Å².